The van der Waals surface area contributed by atoms with E-state index in [9.17, 15) is 23.1 Å². The molecule has 2 aromatic carbocycles. The molecule has 0 aliphatic carbocycles. The predicted octanol–water partition coefficient (Wildman–Crippen LogP) is 4.34. The SMILES string of the molecule is CC#CCOc1ccc(S(=O)(=O)N2C([C@@H](C(=O)O)C(C)(C)C)CSC(C)(C)[C@@H]2C(=O)NOCc2ccccc2)cc1. The lowest BCUT2D eigenvalue weighted by molar-refractivity contribution is -0.150. The van der Waals surface area contributed by atoms with Gasteiger partial charge in [0.1, 0.15) is 18.4 Å². The molecule has 1 saturated heterocycles. The monoisotopic (exact) mass is 602 g/mol. The summed E-state index contributed by atoms with van der Waals surface area (Å²) < 4.78 is 34.4. The zero-order chi connectivity index (χ0) is 30.4. The molecule has 0 bridgehead atoms. The summed E-state index contributed by atoms with van der Waals surface area (Å²) >= 11 is 1.37. The summed E-state index contributed by atoms with van der Waals surface area (Å²) in [6, 6.07) is 12.7. The molecule has 1 aliphatic heterocycles. The number of thioether (sulfide) groups is 1. The van der Waals surface area contributed by atoms with E-state index in [2.05, 4.69) is 17.3 Å². The minimum atomic E-state index is -4.38. The van der Waals surface area contributed by atoms with Gasteiger partial charge in [0.2, 0.25) is 10.0 Å². The minimum Gasteiger partial charge on any atom is -0.481 e. The molecule has 3 rings (SSSR count). The van der Waals surface area contributed by atoms with Gasteiger partial charge in [-0.3, -0.25) is 14.4 Å². The molecular formula is C30H38N2O7S2. The van der Waals surface area contributed by atoms with Crippen LogP contribution in [-0.4, -0.2) is 58.9 Å². The molecule has 3 atom stereocenters. The van der Waals surface area contributed by atoms with Crippen molar-refractivity contribution in [2.45, 2.75) is 69.9 Å². The molecule has 0 radical (unpaired) electrons. The fourth-order valence-electron chi connectivity index (χ4n) is 4.90. The van der Waals surface area contributed by atoms with Gasteiger partial charge in [-0.15, -0.1) is 5.92 Å². The van der Waals surface area contributed by atoms with E-state index in [1.165, 1.54) is 36.0 Å². The highest BCUT2D eigenvalue weighted by Crippen LogP contribution is 2.46. The Labute approximate surface area is 247 Å². The number of nitrogens with one attached hydrogen (secondary N) is 1. The van der Waals surface area contributed by atoms with Gasteiger partial charge >= 0.3 is 5.97 Å². The van der Waals surface area contributed by atoms with Crippen molar-refractivity contribution in [3.05, 3.63) is 60.2 Å². The molecule has 222 valence electrons. The fourth-order valence-corrected chi connectivity index (χ4v) is 8.30. The number of carbonyl (C=O) groups excluding carboxylic acids is 1. The molecule has 1 amide bonds. The topological polar surface area (TPSA) is 122 Å². The van der Waals surface area contributed by atoms with Crippen LogP contribution < -0.4 is 10.2 Å². The quantitative estimate of drug-likeness (QED) is 0.304. The number of benzene rings is 2. The van der Waals surface area contributed by atoms with Gasteiger partial charge in [0.05, 0.1) is 17.4 Å². The number of carboxylic acid groups (broad SMARTS) is 1. The molecule has 1 heterocycles. The van der Waals surface area contributed by atoms with E-state index >= 15 is 0 Å². The first-order valence-electron chi connectivity index (χ1n) is 13.2. The molecule has 0 aromatic heterocycles. The van der Waals surface area contributed by atoms with E-state index in [1.54, 1.807) is 41.5 Å². The number of nitrogens with zero attached hydrogens (tertiary/aromatic N) is 1. The summed E-state index contributed by atoms with van der Waals surface area (Å²) in [6.07, 6.45) is 0. The molecule has 11 heteroatoms. The fraction of sp³-hybridized carbons (Fsp3) is 0.467. The highest BCUT2D eigenvalue weighted by Gasteiger charge is 2.56. The summed E-state index contributed by atoms with van der Waals surface area (Å²) in [7, 11) is -4.38. The van der Waals surface area contributed by atoms with Gasteiger partial charge in [-0.05, 0) is 56.0 Å². The molecular weight excluding hydrogens is 564 g/mol. The van der Waals surface area contributed by atoms with Crippen molar-refractivity contribution in [2.75, 3.05) is 12.4 Å². The minimum absolute atomic E-state index is 0.0761. The van der Waals surface area contributed by atoms with Crippen molar-refractivity contribution in [1.82, 2.24) is 9.79 Å². The number of ether oxygens (including phenoxy) is 1. The second kappa shape index (κ2) is 13.3. The molecule has 1 unspecified atom stereocenters. The first-order chi connectivity index (χ1) is 19.2. The number of aliphatic carboxylic acids is 1. The van der Waals surface area contributed by atoms with Crippen LogP contribution in [0.5, 0.6) is 5.75 Å². The van der Waals surface area contributed by atoms with Crippen LogP contribution in [-0.2, 0) is 31.1 Å². The van der Waals surface area contributed by atoms with Gasteiger partial charge < -0.3 is 9.84 Å². The Balaban J connectivity index is 2.05. The van der Waals surface area contributed by atoms with Crippen LogP contribution in [0.15, 0.2) is 59.5 Å². The third kappa shape index (κ3) is 7.83. The van der Waals surface area contributed by atoms with Crippen molar-refractivity contribution < 1.29 is 32.7 Å². The molecule has 0 spiro atoms. The standard InChI is InChI=1S/C30H38N2O7S2/c1-7-8-18-38-22-14-16-23(17-15-22)41(36,37)32-24(25(28(34)35)29(2,3)4)20-40-30(5,6)26(32)27(33)31-39-19-21-12-10-9-11-13-21/h9-17,24-26H,18-20H2,1-6H3,(H,31,33)(H,34,35)/t24?,25-,26-/m0/s1. The Hall–Kier alpha value is -3.04. The van der Waals surface area contributed by atoms with Gasteiger partial charge in [-0.2, -0.15) is 16.1 Å². The molecule has 0 saturated carbocycles. The Morgan fingerprint density at radius 3 is 2.34 bits per heavy atom. The predicted molar refractivity (Wildman–Crippen MR) is 158 cm³/mol. The van der Waals surface area contributed by atoms with Gasteiger partial charge in [0.15, 0.2) is 0 Å². The van der Waals surface area contributed by atoms with E-state index in [1.807, 2.05) is 30.3 Å². The highest BCUT2D eigenvalue weighted by atomic mass is 32.2. The maximum atomic E-state index is 14.4. The third-order valence-electron chi connectivity index (χ3n) is 6.84. The van der Waals surface area contributed by atoms with Crippen molar-refractivity contribution in [2.24, 2.45) is 11.3 Å². The van der Waals surface area contributed by atoms with Crippen molar-refractivity contribution in [1.29, 1.82) is 0 Å². The molecule has 2 N–H and O–H groups in total. The zero-order valence-electron chi connectivity index (χ0n) is 24.2. The van der Waals surface area contributed by atoms with E-state index in [0.29, 0.717) is 5.75 Å². The largest absolute Gasteiger partial charge is 0.481 e. The number of hydroxylamine groups is 1. The number of hydrogen-bond acceptors (Lipinski definition) is 7. The molecule has 1 aliphatic rings. The summed E-state index contributed by atoms with van der Waals surface area (Å²) in [6.45, 7) is 10.7. The van der Waals surface area contributed by atoms with Crippen LogP contribution in [0.1, 0.15) is 47.1 Å². The smallest absolute Gasteiger partial charge is 0.308 e. The van der Waals surface area contributed by atoms with Gasteiger partial charge in [0.25, 0.3) is 5.91 Å². The maximum absolute atomic E-state index is 14.4. The number of amides is 1. The Morgan fingerprint density at radius 1 is 1.15 bits per heavy atom. The van der Waals surface area contributed by atoms with Crippen molar-refractivity contribution >= 4 is 33.7 Å². The number of rotatable bonds is 10. The second-order valence-electron chi connectivity index (χ2n) is 11.3. The normalized spacial score (nSPS) is 19.9. The van der Waals surface area contributed by atoms with Crippen LogP contribution in [0, 0.1) is 23.2 Å². The lowest BCUT2D eigenvalue weighted by atomic mass is 9.76. The van der Waals surface area contributed by atoms with Crippen LogP contribution in [0.25, 0.3) is 0 Å². The van der Waals surface area contributed by atoms with Crippen LogP contribution >= 0.6 is 11.8 Å². The summed E-state index contributed by atoms with van der Waals surface area (Å²) in [5, 5.41) is 10.3. The lowest BCUT2D eigenvalue weighted by Gasteiger charge is -2.51. The number of sulfonamides is 1. The average molecular weight is 603 g/mol. The average Bonchev–Trinajstić information content (AvgIpc) is 2.89. The Kier molecular flexibility index (Phi) is 10.5. The molecule has 41 heavy (non-hydrogen) atoms. The van der Waals surface area contributed by atoms with E-state index in [-0.39, 0.29) is 23.9 Å². The molecule has 9 nitrogen and oxygen atoms in total. The number of carboxylic acids is 1. The number of hydrogen-bond donors (Lipinski definition) is 2. The van der Waals surface area contributed by atoms with Crippen molar-refractivity contribution in [3.63, 3.8) is 0 Å². The maximum Gasteiger partial charge on any atom is 0.308 e. The number of carbonyl (C=O) groups is 2. The summed E-state index contributed by atoms with van der Waals surface area (Å²) in [4.78, 5) is 31.8. The van der Waals surface area contributed by atoms with Gasteiger partial charge in [-0.1, -0.05) is 57.0 Å². The van der Waals surface area contributed by atoms with Crippen LogP contribution in [0.4, 0.5) is 0 Å². The summed E-state index contributed by atoms with van der Waals surface area (Å²) in [5.74, 6) is 3.20. The Morgan fingerprint density at radius 2 is 1.78 bits per heavy atom. The molecule has 2 aromatic rings. The van der Waals surface area contributed by atoms with Crippen molar-refractivity contribution in [3.8, 4) is 17.6 Å². The van der Waals surface area contributed by atoms with E-state index < -0.39 is 50.1 Å². The van der Waals surface area contributed by atoms with Gasteiger partial charge in [0, 0.05) is 16.5 Å². The molecule has 1 fully saturated rings. The highest BCUT2D eigenvalue weighted by molar-refractivity contribution is 8.01. The second-order valence-corrected chi connectivity index (χ2v) is 14.8. The van der Waals surface area contributed by atoms with Gasteiger partial charge in [-0.25, -0.2) is 13.9 Å². The summed E-state index contributed by atoms with van der Waals surface area (Å²) in [5.41, 5.74) is 2.44. The third-order valence-corrected chi connectivity index (χ3v) is 10.2. The zero-order valence-corrected chi connectivity index (χ0v) is 25.8. The van der Waals surface area contributed by atoms with E-state index in [4.69, 9.17) is 9.57 Å². The van der Waals surface area contributed by atoms with E-state index in [0.717, 1.165) is 9.87 Å². The van der Waals surface area contributed by atoms with Crippen LogP contribution in [0.2, 0.25) is 0 Å². The van der Waals surface area contributed by atoms with Crippen LogP contribution in [0.3, 0.4) is 0 Å². The Bertz CT molecular complexity index is 1380. The first kappa shape index (κ1) is 32.5. The lowest BCUT2D eigenvalue weighted by Crippen LogP contribution is -2.67. The first-order valence-corrected chi connectivity index (χ1v) is 15.6.